The lowest BCUT2D eigenvalue weighted by Gasteiger charge is -2.08. The third kappa shape index (κ3) is 5.00. The minimum absolute atomic E-state index is 0.0624. The van der Waals surface area contributed by atoms with Gasteiger partial charge in [0.2, 0.25) is 0 Å². The molecule has 1 aromatic heterocycles. The molecule has 1 amide bonds. The van der Waals surface area contributed by atoms with E-state index >= 15 is 0 Å². The summed E-state index contributed by atoms with van der Waals surface area (Å²) in [6.07, 6.45) is 0.659. The molecule has 6 nitrogen and oxygen atoms in total. The zero-order chi connectivity index (χ0) is 19.9. The van der Waals surface area contributed by atoms with Crippen LogP contribution in [0.15, 0.2) is 54.6 Å². The highest BCUT2D eigenvalue weighted by molar-refractivity contribution is 5.92. The van der Waals surface area contributed by atoms with Gasteiger partial charge in [-0.2, -0.15) is 0 Å². The molecule has 144 valence electrons. The van der Waals surface area contributed by atoms with Crippen LogP contribution in [0.2, 0.25) is 0 Å². The van der Waals surface area contributed by atoms with E-state index in [1.165, 1.54) is 18.2 Å². The van der Waals surface area contributed by atoms with Gasteiger partial charge < -0.3 is 15.4 Å². The SMILES string of the molecule is COc1ccc(CCNC(=O)c2ccc(Nc3ccc(F)cc3F)nn2)cc1. The van der Waals surface area contributed by atoms with E-state index in [1.807, 2.05) is 24.3 Å². The van der Waals surface area contributed by atoms with Gasteiger partial charge in [0.15, 0.2) is 11.5 Å². The molecule has 0 aliphatic rings. The molecule has 0 saturated carbocycles. The van der Waals surface area contributed by atoms with Gasteiger partial charge in [-0.3, -0.25) is 4.79 Å². The highest BCUT2D eigenvalue weighted by atomic mass is 19.1. The number of benzene rings is 2. The van der Waals surface area contributed by atoms with Crippen LogP contribution in [-0.2, 0) is 6.42 Å². The summed E-state index contributed by atoms with van der Waals surface area (Å²) in [4.78, 5) is 12.1. The average molecular weight is 384 g/mol. The van der Waals surface area contributed by atoms with Crippen molar-refractivity contribution in [3.05, 3.63) is 77.5 Å². The van der Waals surface area contributed by atoms with Crippen LogP contribution in [0.25, 0.3) is 0 Å². The number of carbonyl (C=O) groups is 1. The average Bonchev–Trinajstić information content (AvgIpc) is 2.71. The van der Waals surface area contributed by atoms with Crippen molar-refractivity contribution in [1.82, 2.24) is 15.5 Å². The fourth-order valence-electron chi connectivity index (χ4n) is 2.45. The molecule has 0 unspecified atom stereocenters. The summed E-state index contributed by atoms with van der Waals surface area (Å²) < 4.78 is 31.7. The summed E-state index contributed by atoms with van der Waals surface area (Å²) in [6.45, 7) is 0.438. The second-order valence-corrected chi connectivity index (χ2v) is 5.91. The Hall–Kier alpha value is -3.55. The largest absolute Gasteiger partial charge is 0.497 e. The van der Waals surface area contributed by atoms with Crippen LogP contribution in [0.1, 0.15) is 16.1 Å². The van der Waals surface area contributed by atoms with Crippen LogP contribution < -0.4 is 15.4 Å². The molecule has 0 aliphatic carbocycles. The number of aromatic nitrogens is 2. The maximum absolute atomic E-state index is 13.6. The van der Waals surface area contributed by atoms with E-state index in [4.69, 9.17) is 4.74 Å². The number of rotatable bonds is 7. The third-order valence-electron chi connectivity index (χ3n) is 3.95. The summed E-state index contributed by atoms with van der Waals surface area (Å²) in [6, 6.07) is 13.7. The van der Waals surface area contributed by atoms with Crippen molar-refractivity contribution in [2.24, 2.45) is 0 Å². The number of ether oxygens (including phenoxy) is 1. The molecule has 0 aliphatic heterocycles. The van der Waals surface area contributed by atoms with Gasteiger partial charge in [-0.15, -0.1) is 10.2 Å². The summed E-state index contributed by atoms with van der Waals surface area (Å²) in [5.41, 5.74) is 1.26. The molecule has 0 saturated heterocycles. The highest BCUT2D eigenvalue weighted by Crippen LogP contribution is 2.19. The van der Waals surface area contributed by atoms with E-state index in [9.17, 15) is 13.6 Å². The zero-order valence-corrected chi connectivity index (χ0v) is 15.1. The number of hydrogen-bond acceptors (Lipinski definition) is 5. The Bertz CT molecular complexity index is 947. The first kappa shape index (κ1) is 19.2. The standard InChI is InChI=1S/C20H18F2N4O2/c1-28-15-5-2-13(3-6-15)10-11-23-20(27)18-8-9-19(26-25-18)24-17-7-4-14(21)12-16(17)22/h2-9,12H,10-11H2,1H3,(H,23,27)(H,24,26). The molecule has 3 aromatic rings. The molecule has 0 fully saturated rings. The Morgan fingerprint density at radius 2 is 1.82 bits per heavy atom. The fraction of sp³-hybridized carbons (Fsp3) is 0.150. The van der Waals surface area contributed by atoms with Gasteiger partial charge in [0.25, 0.3) is 5.91 Å². The maximum Gasteiger partial charge on any atom is 0.271 e. The monoisotopic (exact) mass is 384 g/mol. The number of halogens is 2. The van der Waals surface area contributed by atoms with Gasteiger partial charge in [-0.25, -0.2) is 8.78 Å². The van der Waals surface area contributed by atoms with E-state index in [2.05, 4.69) is 20.8 Å². The number of hydrogen-bond donors (Lipinski definition) is 2. The molecule has 8 heteroatoms. The summed E-state index contributed by atoms with van der Waals surface area (Å²) in [5, 5.41) is 13.1. The number of nitrogens with one attached hydrogen (secondary N) is 2. The number of anilines is 2. The Kier molecular flexibility index (Phi) is 6.11. The predicted molar refractivity (Wildman–Crippen MR) is 101 cm³/mol. The zero-order valence-electron chi connectivity index (χ0n) is 15.1. The van der Waals surface area contributed by atoms with E-state index in [-0.39, 0.29) is 23.1 Å². The van der Waals surface area contributed by atoms with Crippen LogP contribution in [0.5, 0.6) is 5.75 Å². The number of carbonyl (C=O) groups excluding carboxylic acids is 1. The second kappa shape index (κ2) is 8.90. The van der Waals surface area contributed by atoms with E-state index in [0.717, 1.165) is 23.4 Å². The lowest BCUT2D eigenvalue weighted by atomic mass is 10.1. The molecule has 0 spiro atoms. The van der Waals surface area contributed by atoms with Crippen molar-refractivity contribution < 1.29 is 18.3 Å². The quantitative estimate of drug-likeness (QED) is 0.652. The van der Waals surface area contributed by atoms with Gasteiger partial charge in [-0.1, -0.05) is 12.1 Å². The highest BCUT2D eigenvalue weighted by Gasteiger charge is 2.09. The lowest BCUT2D eigenvalue weighted by Crippen LogP contribution is -2.26. The van der Waals surface area contributed by atoms with Gasteiger partial charge >= 0.3 is 0 Å². The molecule has 1 heterocycles. The summed E-state index contributed by atoms with van der Waals surface area (Å²) >= 11 is 0. The molecule has 3 rings (SSSR count). The molecule has 0 radical (unpaired) electrons. The lowest BCUT2D eigenvalue weighted by molar-refractivity contribution is 0.0948. The Labute approximate surface area is 160 Å². The molecule has 0 atom stereocenters. The van der Waals surface area contributed by atoms with E-state index < -0.39 is 11.6 Å². The molecule has 2 aromatic carbocycles. The van der Waals surface area contributed by atoms with Crippen LogP contribution in [0.4, 0.5) is 20.3 Å². The molecule has 2 N–H and O–H groups in total. The first-order valence-electron chi connectivity index (χ1n) is 8.52. The van der Waals surface area contributed by atoms with E-state index in [1.54, 1.807) is 7.11 Å². The van der Waals surface area contributed by atoms with Crippen LogP contribution >= 0.6 is 0 Å². The first-order chi connectivity index (χ1) is 13.5. The number of nitrogens with zero attached hydrogens (tertiary/aromatic N) is 2. The smallest absolute Gasteiger partial charge is 0.271 e. The number of amides is 1. The Morgan fingerprint density at radius 3 is 2.46 bits per heavy atom. The summed E-state index contributed by atoms with van der Waals surface area (Å²) in [5.74, 6) is -0.768. The minimum Gasteiger partial charge on any atom is -0.497 e. The number of methoxy groups -OCH3 is 1. The fourth-order valence-corrected chi connectivity index (χ4v) is 2.45. The molecular weight excluding hydrogens is 366 g/mol. The maximum atomic E-state index is 13.6. The minimum atomic E-state index is -0.748. The van der Waals surface area contributed by atoms with Crippen LogP contribution in [0, 0.1) is 11.6 Å². The van der Waals surface area contributed by atoms with E-state index in [0.29, 0.717) is 13.0 Å². The van der Waals surface area contributed by atoms with Crippen LogP contribution in [0.3, 0.4) is 0 Å². The van der Waals surface area contributed by atoms with Crippen molar-refractivity contribution >= 4 is 17.4 Å². The predicted octanol–water partition coefficient (Wildman–Crippen LogP) is 3.48. The van der Waals surface area contributed by atoms with Crippen LogP contribution in [-0.4, -0.2) is 29.8 Å². The second-order valence-electron chi connectivity index (χ2n) is 5.91. The van der Waals surface area contributed by atoms with Crippen molar-refractivity contribution in [3.63, 3.8) is 0 Å². The van der Waals surface area contributed by atoms with Gasteiger partial charge in [0, 0.05) is 12.6 Å². The normalized spacial score (nSPS) is 10.4. The molecule has 28 heavy (non-hydrogen) atoms. The summed E-state index contributed by atoms with van der Waals surface area (Å²) in [7, 11) is 1.60. The first-order valence-corrected chi connectivity index (χ1v) is 8.52. The van der Waals surface area contributed by atoms with Crippen molar-refractivity contribution in [2.45, 2.75) is 6.42 Å². The Morgan fingerprint density at radius 1 is 1.04 bits per heavy atom. The van der Waals surface area contributed by atoms with Gasteiger partial charge in [0.1, 0.15) is 17.4 Å². The third-order valence-corrected chi connectivity index (χ3v) is 3.95. The molecular formula is C20H18F2N4O2. The Balaban J connectivity index is 1.52. The van der Waals surface area contributed by atoms with Gasteiger partial charge in [0.05, 0.1) is 12.8 Å². The topological polar surface area (TPSA) is 76.1 Å². The molecule has 0 bridgehead atoms. The van der Waals surface area contributed by atoms with Crippen molar-refractivity contribution in [2.75, 3.05) is 19.0 Å². The van der Waals surface area contributed by atoms with Gasteiger partial charge in [-0.05, 0) is 48.4 Å². The van der Waals surface area contributed by atoms with Crippen molar-refractivity contribution in [1.29, 1.82) is 0 Å². The van der Waals surface area contributed by atoms with Crippen molar-refractivity contribution in [3.8, 4) is 5.75 Å².